The highest BCUT2D eigenvalue weighted by molar-refractivity contribution is 7.92. The van der Waals surface area contributed by atoms with Crippen molar-refractivity contribution < 1.29 is 17.7 Å². The number of thiophene rings is 1. The fourth-order valence-electron chi connectivity index (χ4n) is 2.02. The van der Waals surface area contributed by atoms with Crippen molar-refractivity contribution in [3.8, 4) is 0 Å². The van der Waals surface area contributed by atoms with Crippen molar-refractivity contribution in [3.63, 3.8) is 0 Å². The van der Waals surface area contributed by atoms with Crippen molar-refractivity contribution in [2.24, 2.45) is 0 Å². The Balaban J connectivity index is 1.73. The Bertz CT molecular complexity index is 1060. The van der Waals surface area contributed by atoms with E-state index >= 15 is 0 Å². The molecule has 11 heteroatoms. The van der Waals surface area contributed by atoms with Gasteiger partial charge in [-0.3, -0.25) is 9.52 Å². The Kier molecular flexibility index (Phi) is 5.24. The number of anilines is 2. The van der Waals surface area contributed by atoms with Crippen molar-refractivity contribution in [1.82, 2.24) is 5.16 Å². The molecule has 7 nitrogen and oxygen atoms in total. The minimum Gasteiger partial charge on any atom is -0.360 e. The Morgan fingerprint density at radius 1 is 1.19 bits per heavy atom. The Hall–Kier alpha value is -2.07. The number of rotatable bonds is 5. The van der Waals surface area contributed by atoms with Crippen LogP contribution < -0.4 is 10.0 Å². The molecule has 0 radical (unpaired) electrons. The summed E-state index contributed by atoms with van der Waals surface area (Å²) in [6.07, 6.45) is 0. The monoisotopic (exact) mass is 431 g/mol. The molecule has 0 aliphatic heterocycles. The number of carbonyl (C=O) groups is 1. The summed E-state index contributed by atoms with van der Waals surface area (Å²) in [5.74, 6) is 0.127. The van der Waals surface area contributed by atoms with E-state index in [9.17, 15) is 13.2 Å². The van der Waals surface area contributed by atoms with E-state index in [1.807, 2.05) is 0 Å². The molecular formula is C15H11Cl2N3O4S2. The van der Waals surface area contributed by atoms with E-state index < -0.39 is 15.9 Å². The quantitative estimate of drug-likeness (QED) is 0.622. The van der Waals surface area contributed by atoms with E-state index in [2.05, 4.69) is 15.2 Å². The maximum absolute atomic E-state index is 12.3. The van der Waals surface area contributed by atoms with Crippen LogP contribution in [0.1, 0.15) is 16.1 Å². The summed E-state index contributed by atoms with van der Waals surface area (Å²) in [5.41, 5.74) is 0.658. The molecule has 0 aliphatic carbocycles. The van der Waals surface area contributed by atoms with Gasteiger partial charge in [0.1, 0.15) is 10.1 Å². The maximum Gasteiger partial charge on any atom is 0.263 e. The molecule has 136 valence electrons. The molecule has 0 bridgehead atoms. The molecule has 3 aromatic rings. The smallest absolute Gasteiger partial charge is 0.263 e. The molecule has 0 aliphatic rings. The summed E-state index contributed by atoms with van der Waals surface area (Å²) in [6.45, 7) is 1.65. The lowest BCUT2D eigenvalue weighted by Gasteiger charge is -2.07. The van der Waals surface area contributed by atoms with Gasteiger partial charge in [-0.25, -0.2) is 8.42 Å². The lowest BCUT2D eigenvalue weighted by molar-refractivity contribution is 0.102. The second-order valence-electron chi connectivity index (χ2n) is 5.14. The number of nitrogens with zero attached hydrogens (tertiary/aromatic N) is 1. The highest BCUT2D eigenvalue weighted by Gasteiger charge is 2.17. The molecule has 0 saturated carbocycles. The van der Waals surface area contributed by atoms with Gasteiger partial charge in [-0.2, -0.15) is 0 Å². The number of hydrogen-bond acceptors (Lipinski definition) is 6. The summed E-state index contributed by atoms with van der Waals surface area (Å²) in [6, 6.07) is 8.55. The van der Waals surface area contributed by atoms with Crippen LogP contribution in [0.5, 0.6) is 0 Å². The molecule has 0 atom stereocenters. The van der Waals surface area contributed by atoms with E-state index in [4.69, 9.17) is 27.7 Å². The molecule has 2 N–H and O–H groups in total. The van der Waals surface area contributed by atoms with Gasteiger partial charge in [0.25, 0.3) is 15.9 Å². The number of sulfonamides is 1. The third-order valence-corrected chi connectivity index (χ3v) is 6.05. The minimum absolute atomic E-state index is 0.00719. The van der Waals surface area contributed by atoms with Gasteiger partial charge in [0, 0.05) is 11.8 Å². The number of carbonyl (C=O) groups excluding carboxylic acids is 1. The molecule has 0 spiro atoms. The van der Waals surface area contributed by atoms with Crippen LogP contribution in [-0.4, -0.2) is 19.5 Å². The number of nitrogens with one attached hydrogen (secondary N) is 2. The molecule has 1 amide bonds. The molecule has 2 heterocycles. The molecule has 0 fully saturated rings. The van der Waals surface area contributed by atoms with Gasteiger partial charge in [-0.15, -0.1) is 11.3 Å². The summed E-state index contributed by atoms with van der Waals surface area (Å²) in [5, 5.41) is 6.21. The van der Waals surface area contributed by atoms with E-state index in [0.29, 0.717) is 15.8 Å². The number of halogens is 2. The van der Waals surface area contributed by atoms with Crippen LogP contribution in [0.3, 0.4) is 0 Å². The second kappa shape index (κ2) is 7.28. The molecule has 2 aromatic heterocycles. The first kappa shape index (κ1) is 18.7. The summed E-state index contributed by atoms with van der Waals surface area (Å²) in [4.78, 5) is 12.2. The number of aryl methyl sites for hydroxylation is 1. The minimum atomic E-state index is -3.82. The fraction of sp³-hybridized carbons (Fsp3) is 0.0667. The van der Waals surface area contributed by atoms with Gasteiger partial charge in [-0.05, 0) is 37.3 Å². The zero-order valence-corrected chi connectivity index (χ0v) is 16.3. The third-order valence-electron chi connectivity index (χ3n) is 3.19. The topological polar surface area (TPSA) is 101 Å². The predicted octanol–water partition coefficient (Wildman–Crippen LogP) is 4.40. The van der Waals surface area contributed by atoms with Crippen LogP contribution >= 0.6 is 34.5 Å². The van der Waals surface area contributed by atoms with Crippen LogP contribution in [-0.2, 0) is 10.0 Å². The predicted molar refractivity (Wildman–Crippen MR) is 101 cm³/mol. The zero-order valence-electron chi connectivity index (χ0n) is 13.1. The number of benzene rings is 1. The fourth-order valence-corrected chi connectivity index (χ4v) is 4.46. The van der Waals surface area contributed by atoms with Gasteiger partial charge in [0.2, 0.25) is 0 Å². The van der Waals surface area contributed by atoms with Crippen LogP contribution in [0, 0.1) is 6.92 Å². The number of aromatic nitrogens is 1. The Morgan fingerprint density at radius 2 is 1.88 bits per heavy atom. The standard InChI is InChI=1S/C15H11Cl2N3O4S2/c1-8-6-13(19-24-8)20-26(22,23)10-4-2-9(3-5-10)18-15(21)11-7-12(16)25-14(11)17/h2-7H,1H3,(H,18,21)(H,19,20). The largest absolute Gasteiger partial charge is 0.360 e. The first-order valence-corrected chi connectivity index (χ1v) is 10.1. The van der Waals surface area contributed by atoms with Gasteiger partial charge in [0.15, 0.2) is 5.82 Å². The third kappa shape index (κ3) is 4.18. The highest BCUT2D eigenvalue weighted by atomic mass is 35.5. The molecular weight excluding hydrogens is 421 g/mol. The van der Waals surface area contributed by atoms with Crippen LogP contribution in [0.25, 0.3) is 0 Å². The van der Waals surface area contributed by atoms with Crippen molar-refractivity contribution in [2.75, 3.05) is 10.0 Å². The lowest BCUT2D eigenvalue weighted by Crippen LogP contribution is -2.14. The Morgan fingerprint density at radius 3 is 2.42 bits per heavy atom. The van der Waals surface area contributed by atoms with Crippen molar-refractivity contribution in [2.45, 2.75) is 11.8 Å². The van der Waals surface area contributed by atoms with E-state index in [1.165, 1.54) is 36.4 Å². The average molecular weight is 432 g/mol. The van der Waals surface area contributed by atoms with Crippen molar-refractivity contribution in [3.05, 3.63) is 56.4 Å². The van der Waals surface area contributed by atoms with Crippen LogP contribution in [0.4, 0.5) is 11.5 Å². The number of amides is 1. The normalized spacial score (nSPS) is 11.3. The van der Waals surface area contributed by atoms with Crippen molar-refractivity contribution in [1.29, 1.82) is 0 Å². The molecule has 26 heavy (non-hydrogen) atoms. The van der Waals surface area contributed by atoms with Gasteiger partial charge in [0.05, 0.1) is 14.8 Å². The lowest BCUT2D eigenvalue weighted by atomic mass is 10.3. The second-order valence-corrected chi connectivity index (χ2v) is 9.11. The molecule has 3 rings (SSSR count). The van der Waals surface area contributed by atoms with E-state index in [-0.39, 0.29) is 20.6 Å². The van der Waals surface area contributed by atoms with Gasteiger partial charge < -0.3 is 9.84 Å². The first-order chi connectivity index (χ1) is 12.2. The van der Waals surface area contributed by atoms with Crippen molar-refractivity contribution >= 4 is 62.0 Å². The van der Waals surface area contributed by atoms with Crippen LogP contribution in [0.2, 0.25) is 8.67 Å². The Labute approximate surface area is 163 Å². The zero-order chi connectivity index (χ0) is 18.9. The van der Waals surface area contributed by atoms with Gasteiger partial charge in [-0.1, -0.05) is 28.4 Å². The summed E-state index contributed by atoms with van der Waals surface area (Å²) in [7, 11) is -3.82. The first-order valence-electron chi connectivity index (χ1n) is 7.07. The van der Waals surface area contributed by atoms with E-state index in [1.54, 1.807) is 6.92 Å². The molecule has 0 saturated heterocycles. The summed E-state index contributed by atoms with van der Waals surface area (Å²) < 4.78 is 32.4. The highest BCUT2D eigenvalue weighted by Crippen LogP contribution is 2.31. The average Bonchev–Trinajstić information content (AvgIpc) is 3.12. The van der Waals surface area contributed by atoms with E-state index in [0.717, 1.165) is 11.3 Å². The molecule has 0 unspecified atom stereocenters. The van der Waals surface area contributed by atoms with Crippen LogP contribution in [0.15, 0.2) is 45.8 Å². The maximum atomic E-state index is 12.3. The number of hydrogen-bond donors (Lipinski definition) is 2. The summed E-state index contributed by atoms with van der Waals surface area (Å²) >= 11 is 12.8. The molecule has 1 aromatic carbocycles. The SMILES string of the molecule is Cc1cc(NS(=O)(=O)c2ccc(NC(=O)c3cc(Cl)sc3Cl)cc2)no1. The van der Waals surface area contributed by atoms with Gasteiger partial charge >= 0.3 is 0 Å².